The van der Waals surface area contributed by atoms with Gasteiger partial charge in [0.15, 0.2) is 11.5 Å². The first-order valence-corrected chi connectivity index (χ1v) is 13.1. The number of fused-ring (bicyclic) bond motifs is 4. The van der Waals surface area contributed by atoms with E-state index in [1.54, 1.807) is 6.07 Å². The van der Waals surface area contributed by atoms with Crippen LogP contribution in [0.1, 0.15) is 35.5 Å². The Morgan fingerprint density at radius 2 is 1.72 bits per heavy atom. The lowest BCUT2D eigenvalue weighted by Crippen LogP contribution is -2.38. The van der Waals surface area contributed by atoms with Crippen molar-refractivity contribution in [1.29, 1.82) is 0 Å². The zero-order valence-electron chi connectivity index (χ0n) is 21.4. The summed E-state index contributed by atoms with van der Waals surface area (Å²) in [6.45, 7) is 2.67. The van der Waals surface area contributed by atoms with Gasteiger partial charge < -0.3 is 24.3 Å². The Kier molecular flexibility index (Phi) is 5.58. The van der Waals surface area contributed by atoms with Crippen molar-refractivity contribution in [2.24, 2.45) is 0 Å². The number of ether oxygens (including phenoxy) is 2. The molecule has 7 rings (SSSR count). The van der Waals surface area contributed by atoms with Crippen molar-refractivity contribution in [3.05, 3.63) is 120 Å². The summed E-state index contributed by atoms with van der Waals surface area (Å²) in [5, 5.41) is 8.14. The Morgan fingerprint density at radius 3 is 2.51 bits per heavy atom. The Bertz CT molecular complexity index is 1660. The second kappa shape index (κ2) is 9.40. The number of rotatable bonds is 4. The maximum absolute atomic E-state index is 14.1. The average molecular weight is 518 g/mol. The van der Waals surface area contributed by atoms with E-state index in [-0.39, 0.29) is 18.9 Å². The minimum absolute atomic E-state index is 0.180. The summed E-state index contributed by atoms with van der Waals surface area (Å²) in [5.74, 6) is 2.25. The first-order chi connectivity index (χ1) is 19.2. The zero-order valence-corrected chi connectivity index (χ0v) is 21.4. The molecule has 0 spiro atoms. The number of benzene rings is 3. The van der Waals surface area contributed by atoms with E-state index in [0.29, 0.717) is 23.7 Å². The molecule has 8 nitrogen and oxygen atoms in total. The van der Waals surface area contributed by atoms with Gasteiger partial charge in [-0.2, -0.15) is 5.10 Å². The zero-order chi connectivity index (χ0) is 26.3. The Balaban J connectivity index is 1.38. The van der Waals surface area contributed by atoms with Gasteiger partial charge in [0.1, 0.15) is 5.82 Å². The Labute approximate surface area is 226 Å². The summed E-state index contributed by atoms with van der Waals surface area (Å²) in [7, 11) is 0. The Morgan fingerprint density at radius 1 is 0.949 bits per heavy atom. The van der Waals surface area contributed by atoms with Gasteiger partial charge in [0.2, 0.25) is 6.79 Å². The van der Waals surface area contributed by atoms with Crippen molar-refractivity contribution in [3.63, 3.8) is 0 Å². The molecule has 2 aliphatic rings. The maximum atomic E-state index is 14.1. The van der Waals surface area contributed by atoms with Crippen LogP contribution in [0.2, 0.25) is 0 Å². The number of hydrogen-bond donors (Lipinski definition) is 1. The molecule has 0 bridgehead atoms. The third-order valence-corrected chi connectivity index (χ3v) is 7.30. The quantitative estimate of drug-likeness (QED) is 0.313. The predicted molar refractivity (Wildman–Crippen MR) is 148 cm³/mol. The fraction of sp³-hybridized carbons (Fsp3) is 0.161. The lowest BCUT2D eigenvalue weighted by atomic mass is 10.0. The van der Waals surface area contributed by atoms with E-state index in [0.717, 1.165) is 40.4 Å². The SMILES string of the molecule is CCc1nn(-c2ccccc2)c2c1CN(C(=O)Nc1ccc3c(c1)OCO3)[C@@H](c1ccccc1)c1cccn1-2. The number of aromatic nitrogens is 3. The van der Waals surface area contributed by atoms with Crippen molar-refractivity contribution in [3.8, 4) is 23.0 Å². The molecule has 0 saturated carbocycles. The van der Waals surface area contributed by atoms with E-state index >= 15 is 0 Å². The smallest absolute Gasteiger partial charge is 0.322 e. The second-order valence-corrected chi connectivity index (χ2v) is 9.59. The monoisotopic (exact) mass is 517 g/mol. The molecular formula is C31H27N5O3. The number of nitrogens with one attached hydrogen (secondary N) is 1. The van der Waals surface area contributed by atoms with E-state index in [2.05, 4.69) is 53.3 Å². The minimum atomic E-state index is -0.323. The molecule has 0 unspecified atom stereocenters. The van der Waals surface area contributed by atoms with Crippen LogP contribution in [0.25, 0.3) is 11.5 Å². The molecule has 1 atom stereocenters. The summed E-state index contributed by atoms with van der Waals surface area (Å²) in [6.07, 6.45) is 2.80. The van der Waals surface area contributed by atoms with Crippen LogP contribution in [0.3, 0.4) is 0 Å². The molecule has 5 aromatic rings. The highest BCUT2D eigenvalue weighted by atomic mass is 16.7. The second-order valence-electron chi connectivity index (χ2n) is 9.59. The number of nitrogens with zero attached hydrogens (tertiary/aromatic N) is 4. The average Bonchev–Trinajstić information content (AvgIpc) is 3.70. The summed E-state index contributed by atoms with van der Waals surface area (Å²) in [4.78, 5) is 16.0. The minimum Gasteiger partial charge on any atom is -0.454 e. The highest BCUT2D eigenvalue weighted by Crippen LogP contribution is 2.39. The maximum Gasteiger partial charge on any atom is 0.322 e. The van der Waals surface area contributed by atoms with E-state index < -0.39 is 0 Å². The van der Waals surface area contributed by atoms with Crippen LogP contribution >= 0.6 is 0 Å². The van der Waals surface area contributed by atoms with Crippen molar-refractivity contribution >= 4 is 11.7 Å². The number of urea groups is 1. The van der Waals surface area contributed by atoms with Gasteiger partial charge in [-0.05, 0) is 48.4 Å². The molecule has 3 aromatic carbocycles. The van der Waals surface area contributed by atoms with Gasteiger partial charge in [0.25, 0.3) is 0 Å². The largest absolute Gasteiger partial charge is 0.454 e. The molecular weight excluding hydrogens is 490 g/mol. The topological polar surface area (TPSA) is 73.6 Å². The fourth-order valence-electron chi connectivity index (χ4n) is 5.50. The van der Waals surface area contributed by atoms with Crippen LogP contribution in [0.15, 0.2) is 97.2 Å². The van der Waals surface area contributed by atoms with Crippen LogP contribution in [0, 0.1) is 0 Å². The molecule has 39 heavy (non-hydrogen) atoms. The van der Waals surface area contributed by atoms with E-state index in [1.807, 2.05) is 64.2 Å². The lowest BCUT2D eigenvalue weighted by Gasteiger charge is -2.31. The number of carbonyl (C=O) groups excluding carboxylic acids is 1. The van der Waals surface area contributed by atoms with Gasteiger partial charge in [0.05, 0.1) is 29.7 Å². The van der Waals surface area contributed by atoms with Gasteiger partial charge >= 0.3 is 6.03 Å². The summed E-state index contributed by atoms with van der Waals surface area (Å²) >= 11 is 0. The molecule has 2 amide bonds. The van der Waals surface area contributed by atoms with E-state index in [1.165, 1.54) is 0 Å². The van der Waals surface area contributed by atoms with Crippen LogP contribution in [-0.2, 0) is 13.0 Å². The number of aryl methyl sites for hydroxylation is 1. The molecule has 0 saturated heterocycles. The molecule has 0 radical (unpaired) electrons. The standard InChI is InChI=1S/C31H27N5O3/c1-2-25-24-19-35(31(37)32-22-15-16-27-28(18-22)39-20-38-27)29(21-10-5-3-6-11-21)26-14-9-17-34(26)30(24)36(33-25)23-12-7-4-8-13-23/h3-18,29H,2,19-20H2,1H3,(H,32,37)/t29-/m0/s1. The molecule has 8 heteroatoms. The van der Waals surface area contributed by atoms with Crippen LogP contribution in [0.4, 0.5) is 10.5 Å². The first kappa shape index (κ1) is 23.2. The molecule has 4 heterocycles. The van der Waals surface area contributed by atoms with Gasteiger partial charge in [-0.3, -0.25) is 0 Å². The van der Waals surface area contributed by atoms with E-state index in [4.69, 9.17) is 14.6 Å². The third-order valence-electron chi connectivity index (χ3n) is 7.30. The van der Waals surface area contributed by atoms with Crippen molar-refractivity contribution in [2.75, 3.05) is 12.1 Å². The van der Waals surface area contributed by atoms with Crippen molar-refractivity contribution < 1.29 is 14.3 Å². The summed E-state index contributed by atoms with van der Waals surface area (Å²) < 4.78 is 15.2. The summed E-state index contributed by atoms with van der Waals surface area (Å²) in [6, 6.07) is 29.3. The fourth-order valence-corrected chi connectivity index (χ4v) is 5.50. The summed E-state index contributed by atoms with van der Waals surface area (Å²) in [5.41, 5.74) is 5.62. The first-order valence-electron chi connectivity index (χ1n) is 13.1. The normalized spacial score (nSPS) is 15.4. The lowest BCUT2D eigenvalue weighted by molar-refractivity contribution is 0.174. The van der Waals surface area contributed by atoms with Crippen molar-refractivity contribution in [2.45, 2.75) is 25.9 Å². The molecule has 2 aromatic heterocycles. The van der Waals surface area contributed by atoms with Crippen molar-refractivity contribution in [1.82, 2.24) is 19.2 Å². The van der Waals surface area contributed by atoms with Gasteiger partial charge in [-0.25, -0.2) is 9.48 Å². The number of hydrogen-bond acceptors (Lipinski definition) is 4. The number of carbonyl (C=O) groups is 1. The van der Waals surface area contributed by atoms with Gasteiger partial charge in [0, 0.05) is 23.5 Å². The van der Waals surface area contributed by atoms with Crippen LogP contribution in [-0.4, -0.2) is 32.1 Å². The van der Waals surface area contributed by atoms with Gasteiger partial charge in [-0.15, -0.1) is 0 Å². The number of amides is 2. The highest BCUT2D eigenvalue weighted by Gasteiger charge is 2.36. The molecule has 194 valence electrons. The van der Waals surface area contributed by atoms with E-state index in [9.17, 15) is 4.79 Å². The van der Waals surface area contributed by atoms with Gasteiger partial charge in [-0.1, -0.05) is 55.5 Å². The molecule has 1 N–H and O–H groups in total. The number of anilines is 1. The highest BCUT2D eigenvalue weighted by molar-refractivity contribution is 5.90. The predicted octanol–water partition coefficient (Wildman–Crippen LogP) is 6.09. The number of para-hydroxylation sites is 1. The Hall–Kier alpha value is -4.98. The molecule has 2 aliphatic heterocycles. The molecule has 0 fully saturated rings. The molecule has 0 aliphatic carbocycles. The van der Waals surface area contributed by atoms with Crippen LogP contribution < -0.4 is 14.8 Å². The third kappa shape index (κ3) is 3.92. The van der Waals surface area contributed by atoms with Crippen LogP contribution in [0.5, 0.6) is 11.5 Å².